The summed E-state index contributed by atoms with van der Waals surface area (Å²) in [5, 5.41) is 11.0. The zero-order valence-corrected chi connectivity index (χ0v) is 11.4. The third-order valence-electron chi connectivity index (χ3n) is 2.02. The highest BCUT2D eigenvalue weighted by atomic mass is 35.5. The smallest absolute Gasteiger partial charge is 0.320 e. The molecule has 0 radical (unpaired) electrons. The molecule has 0 fully saturated rings. The molecule has 9 heteroatoms. The molecule has 1 amide bonds. The van der Waals surface area contributed by atoms with E-state index in [0.29, 0.717) is 0 Å². The highest BCUT2D eigenvalue weighted by molar-refractivity contribution is 7.93. The summed E-state index contributed by atoms with van der Waals surface area (Å²) in [6.45, 7) is 0. The maximum absolute atomic E-state index is 11.5. The molecule has 0 atom stereocenters. The van der Waals surface area contributed by atoms with Gasteiger partial charge in [-0.3, -0.25) is 14.3 Å². The normalized spacial score (nSPS) is 10.8. The molecule has 1 aromatic carbocycles. The number of anilines is 1. The van der Waals surface area contributed by atoms with Crippen LogP contribution in [0.5, 0.6) is 0 Å². The van der Waals surface area contributed by atoms with Gasteiger partial charge >= 0.3 is 5.97 Å². The number of carboxylic acid groups (broad SMARTS) is 1. The zero-order valence-electron chi connectivity index (χ0n) is 9.81. The third kappa shape index (κ3) is 4.42. The van der Waals surface area contributed by atoms with E-state index in [1.54, 1.807) is 0 Å². The molecule has 0 aromatic heterocycles. The van der Waals surface area contributed by atoms with Gasteiger partial charge in [-0.05, 0) is 18.2 Å². The SMILES string of the molecule is CNC(=O)c1cc(NS(=O)(=O)CC(=O)O)ccc1Cl. The summed E-state index contributed by atoms with van der Waals surface area (Å²) in [4.78, 5) is 21.8. The summed E-state index contributed by atoms with van der Waals surface area (Å²) in [6, 6.07) is 3.89. The molecule has 0 aliphatic rings. The van der Waals surface area contributed by atoms with Crippen molar-refractivity contribution in [2.24, 2.45) is 0 Å². The van der Waals surface area contributed by atoms with Crippen LogP contribution in [0.1, 0.15) is 10.4 Å². The number of hydrogen-bond donors (Lipinski definition) is 3. The van der Waals surface area contributed by atoms with Crippen molar-refractivity contribution in [1.29, 1.82) is 0 Å². The molecule has 19 heavy (non-hydrogen) atoms. The number of nitrogens with one attached hydrogen (secondary N) is 2. The van der Waals surface area contributed by atoms with Crippen LogP contribution in [-0.4, -0.2) is 38.2 Å². The van der Waals surface area contributed by atoms with Crippen molar-refractivity contribution in [2.75, 3.05) is 17.5 Å². The van der Waals surface area contributed by atoms with Crippen LogP contribution < -0.4 is 10.0 Å². The monoisotopic (exact) mass is 306 g/mol. The van der Waals surface area contributed by atoms with E-state index in [4.69, 9.17) is 16.7 Å². The van der Waals surface area contributed by atoms with E-state index in [0.717, 1.165) is 0 Å². The fourth-order valence-corrected chi connectivity index (χ4v) is 2.36. The van der Waals surface area contributed by atoms with Gasteiger partial charge in [-0.15, -0.1) is 0 Å². The maximum atomic E-state index is 11.5. The van der Waals surface area contributed by atoms with E-state index < -0.39 is 27.7 Å². The minimum Gasteiger partial charge on any atom is -0.480 e. The first-order chi connectivity index (χ1) is 8.75. The van der Waals surface area contributed by atoms with Gasteiger partial charge in [-0.25, -0.2) is 8.42 Å². The molecular weight excluding hydrogens is 296 g/mol. The van der Waals surface area contributed by atoms with E-state index in [9.17, 15) is 18.0 Å². The highest BCUT2D eigenvalue weighted by Gasteiger charge is 2.17. The lowest BCUT2D eigenvalue weighted by Crippen LogP contribution is -2.23. The van der Waals surface area contributed by atoms with E-state index in [1.807, 2.05) is 4.72 Å². The molecule has 0 spiro atoms. The summed E-state index contributed by atoms with van der Waals surface area (Å²) >= 11 is 5.79. The molecule has 1 aromatic rings. The Labute approximate surface area is 114 Å². The molecule has 104 valence electrons. The largest absolute Gasteiger partial charge is 0.480 e. The Hall–Kier alpha value is -1.80. The summed E-state index contributed by atoms with van der Waals surface area (Å²) in [7, 11) is -2.62. The molecule has 0 saturated heterocycles. The Balaban J connectivity index is 3.04. The first-order valence-corrected chi connectivity index (χ1v) is 7.02. The van der Waals surface area contributed by atoms with Crippen LogP contribution in [0.15, 0.2) is 18.2 Å². The Morgan fingerprint density at radius 3 is 2.53 bits per heavy atom. The third-order valence-corrected chi connectivity index (χ3v) is 3.53. The number of amides is 1. The van der Waals surface area contributed by atoms with Gasteiger partial charge < -0.3 is 10.4 Å². The summed E-state index contributed by atoms with van der Waals surface area (Å²) in [5.41, 5.74) is 0.143. The van der Waals surface area contributed by atoms with Gasteiger partial charge in [-0.2, -0.15) is 0 Å². The van der Waals surface area contributed by atoms with Crippen LogP contribution >= 0.6 is 11.6 Å². The number of hydrogen-bond acceptors (Lipinski definition) is 4. The number of carbonyl (C=O) groups is 2. The number of halogens is 1. The molecule has 3 N–H and O–H groups in total. The first kappa shape index (κ1) is 15.3. The van der Waals surface area contributed by atoms with Crippen molar-refractivity contribution < 1.29 is 23.1 Å². The lowest BCUT2D eigenvalue weighted by atomic mass is 10.2. The van der Waals surface area contributed by atoms with Crippen molar-refractivity contribution in [3.63, 3.8) is 0 Å². The Bertz CT molecular complexity index is 614. The van der Waals surface area contributed by atoms with E-state index in [-0.39, 0.29) is 16.3 Å². The zero-order chi connectivity index (χ0) is 14.6. The van der Waals surface area contributed by atoms with Crippen molar-refractivity contribution >= 4 is 39.2 Å². The van der Waals surface area contributed by atoms with Crippen LogP contribution in [0.3, 0.4) is 0 Å². The van der Waals surface area contributed by atoms with Crippen molar-refractivity contribution in [1.82, 2.24) is 5.32 Å². The van der Waals surface area contributed by atoms with Crippen molar-refractivity contribution in [3.8, 4) is 0 Å². The van der Waals surface area contributed by atoms with Gasteiger partial charge in [-0.1, -0.05) is 11.6 Å². The van der Waals surface area contributed by atoms with E-state index in [1.165, 1.54) is 25.2 Å². The highest BCUT2D eigenvalue weighted by Crippen LogP contribution is 2.21. The second kappa shape index (κ2) is 5.89. The predicted octanol–water partition coefficient (Wildman–Crippen LogP) is 0.526. The lowest BCUT2D eigenvalue weighted by Gasteiger charge is -2.09. The molecule has 7 nitrogen and oxygen atoms in total. The molecular formula is C10H11ClN2O5S. The van der Waals surface area contributed by atoms with Gasteiger partial charge in [0.25, 0.3) is 5.91 Å². The molecule has 0 heterocycles. The molecule has 0 saturated carbocycles. The number of carbonyl (C=O) groups excluding carboxylic acids is 1. The van der Waals surface area contributed by atoms with Crippen LogP contribution in [0.25, 0.3) is 0 Å². The number of rotatable bonds is 5. The number of benzene rings is 1. The number of carboxylic acids is 1. The Morgan fingerprint density at radius 1 is 1.37 bits per heavy atom. The average molecular weight is 307 g/mol. The average Bonchev–Trinajstić information content (AvgIpc) is 2.28. The standard InChI is InChI=1S/C10H11ClN2O5S/c1-12-10(16)7-4-6(2-3-8(7)11)13-19(17,18)5-9(14)15/h2-4,13H,5H2,1H3,(H,12,16)(H,14,15). The van der Waals surface area contributed by atoms with E-state index >= 15 is 0 Å². The number of sulfonamides is 1. The molecule has 0 aliphatic heterocycles. The first-order valence-electron chi connectivity index (χ1n) is 4.99. The molecule has 0 aliphatic carbocycles. The van der Waals surface area contributed by atoms with Crippen LogP contribution in [0, 0.1) is 0 Å². The van der Waals surface area contributed by atoms with Crippen molar-refractivity contribution in [3.05, 3.63) is 28.8 Å². The van der Waals surface area contributed by atoms with Gasteiger partial charge in [0.2, 0.25) is 10.0 Å². The molecule has 0 unspecified atom stereocenters. The second-order valence-corrected chi connectivity index (χ2v) is 5.66. The molecule has 1 rings (SSSR count). The Kier molecular flexibility index (Phi) is 4.73. The van der Waals surface area contributed by atoms with Crippen LogP contribution in [-0.2, 0) is 14.8 Å². The fraction of sp³-hybridized carbons (Fsp3) is 0.200. The maximum Gasteiger partial charge on any atom is 0.320 e. The van der Waals surface area contributed by atoms with Gasteiger partial charge in [0.05, 0.1) is 10.6 Å². The lowest BCUT2D eigenvalue weighted by molar-refractivity contribution is -0.134. The summed E-state index contributed by atoms with van der Waals surface area (Å²) < 4.78 is 24.9. The number of aliphatic carboxylic acids is 1. The molecule has 0 bridgehead atoms. The van der Waals surface area contributed by atoms with Crippen molar-refractivity contribution in [2.45, 2.75) is 0 Å². The minimum absolute atomic E-state index is 0.0595. The van der Waals surface area contributed by atoms with Crippen LogP contribution in [0.4, 0.5) is 5.69 Å². The topological polar surface area (TPSA) is 113 Å². The second-order valence-electron chi connectivity index (χ2n) is 3.53. The summed E-state index contributed by atoms with van der Waals surface area (Å²) in [6.07, 6.45) is 0. The Morgan fingerprint density at radius 2 is 2.00 bits per heavy atom. The van der Waals surface area contributed by atoms with Gasteiger partial charge in [0.1, 0.15) is 0 Å². The quantitative estimate of drug-likeness (QED) is 0.734. The minimum atomic E-state index is -4.02. The van der Waals surface area contributed by atoms with Crippen LogP contribution in [0.2, 0.25) is 5.02 Å². The van der Waals surface area contributed by atoms with E-state index in [2.05, 4.69) is 5.32 Å². The predicted molar refractivity (Wildman–Crippen MR) is 69.9 cm³/mol. The fourth-order valence-electron chi connectivity index (χ4n) is 1.28. The summed E-state index contributed by atoms with van der Waals surface area (Å²) in [5.74, 6) is -3.03. The van der Waals surface area contributed by atoms with Gasteiger partial charge in [0, 0.05) is 12.7 Å². The van der Waals surface area contributed by atoms with Gasteiger partial charge in [0.15, 0.2) is 5.75 Å².